The molecule has 114 valence electrons. The van der Waals surface area contributed by atoms with Gasteiger partial charge in [-0.15, -0.1) is 0 Å². The first kappa shape index (κ1) is 15.5. The largest absolute Gasteiger partial charge is 0.460 e. The number of hydrogen-bond donors (Lipinski definition) is 1. The zero-order valence-corrected chi connectivity index (χ0v) is 13.3. The molecule has 1 N–H and O–H groups in total. The first-order valence-electron chi connectivity index (χ1n) is 7.57. The van der Waals surface area contributed by atoms with Crippen LogP contribution in [0.1, 0.15) is 51.8 Å². The Hall–Kier alpha value is -1.84. The fourth-order valence-electron chi connectivity index (χ4n) is 2.31. The van der Waals surface area contributed by atoms with Gasteiger partial charge in [0.15, 0.2) is 0 Å². The zero-order valence-electron chi connectivity index (χ0n) is 13.3. The van der Waals surface area contributed by atoms with Crippen molar-refractivity contribution in [3.63, 3.8) is 0 Å². The highest BCUT2D eigenvalue weighted by atomic mass is 16.6. The van der Waals surface area contributed by atoms with Crippen LogP contribution in [-0.2, 0) is 22.4 Å². The van der Waals surface area contributed by atoms with Crippen LogP contribution in [0.4, 0.5) is 0 Å². The lowest BCUT2D eigenvalue weighted by molar-refractivity contribution is -0.153. The fraction of sp³-hybridized carbons (Fsp3) is 0.529. The van der Waals surface area contributed by atoms with Gasteiger partial charge in [-0.05, 0) is 51.3 Å². The number of aromatic amines is 1. The number of esters is 1. The average molecular weight is 288 g/mol. The van der Waals surface area contributed by atoms with E-state index in [1.54, 1.807) is 0 Å². The van der Waals surface area contributed by atoms with Gasteiger partial charge in [-0.25, -0.2) is 0 Å². The molecule has 0 bridgehead atoms. The molecule has 0 fully saturated rings. The van der Waals surface area contributed by atoms with Gasteiger partial charge < -0.3 is 4.74 Å². The quantitative estimate of drug-likeness (QED) is 0.852. The van der Waals surface area contributed by atoms with Crippen molar-refractivity contribution in [1.29, 1.82) is 0 Å². The van der Waals surface area contributed by atoms with Gasteiger partial charge in [0.25, 0.3) is 0 Å². The van der Waals surface area contributed by atoms with Crippen LogP contribution in [0.5, 0.6) is 0 Å². The second kappa shape index (κ2) is 6.29. The molecule has 0 aliphatic carbocycles. The van der Waals surface area contributed by atoms with Crippen molar-refractivity contribution in [2.45, 2.75) is 59.0 Å². The molecule has 1 aromatic carbocycles. The number of carbonyl (C=O) groups is 1. The number of aromatic nitrogens is 2. The van der Waals surface area contributed by atoms with Gasteiger partial charge >= 0.3 is 5.97 Å². The van der Waals surface area contributed by atoms with Gasteiger partial charge in [0.05, 0.1) is 11.9 Å². The number of carbonyl (C=O) groups excluding carboxylic acids is 1. The number of nitrogens with zero attached hydrogens (tertiary/aromatic N) is 1. The summed E-state index contributed by atoms with van der Waals surface area (Å²) in [5.41, 5.74) is 2.63. The molecule has 1 aromatic heterocycles. The van der Waals surface area contributed by atoms with Crippen molar-refractivity contribution < 1.29 is 9.53 Å². The zero-order chi connectivity index (χ0) is 15.5. The normalized spacial score (nSPS) is 11.8. The van der Waals surface area contributed by atoms with Crippen LogP contribution in [0.15, 0.2) is 18.2 Å². The summed E-state index contributed by atoms with van der Waals surface area (Å²) in [5, 5.41) is 8.53. The van der Waals surface area contributed by atoms with Crippen LogP contribution in [0.3, 0.4) is 0 Å². The summed E-state index contributed by atoms with van der Waals surface area (Å²) in [6.45, 7) is 7.82. The molecule has 4 heteroatoms. The van der Waals surface area contributed by atoms with Gasteiger partial charge in [-0.3, -0.25) is 9.89 Å². The number of benzene rings is 1. The van der Waals surface area contributed by atoms with Crippen molar-refractivity contribution in [2.24, 2.45) is 0 Å². The maximum Gasteiger partial charge on any atom is 0.310 e. The van der Waals surface area contributed by atoms with E-state index in [4.69, 9.17) is 4.74 Å². The SMILES string of the molecule is CCCCc1[nH]nc2ccc(CC(=O)OC(C)(C)C)cc12. The lowest BCUT2D eigenvalue weighted by atomic mass is 10.1. The second-order valence-electron chi connectivity index (χ2n) is 6.42. The highest BCUT2D eigenvalue weighted by molar-refractivity contribution is 5.83. The Morgan fingerprint density at radius 1 is 1.33 bits per heavy atom. The number of H-pyrrole nitrogens is 1. The molecule has 21 heavy (non-hydrogen) atoms. The van der Waals surface area contributed by atoms with E-state index < -0.39 is 5.60 Å². The summed E-state index contributed by atoms with van der Waals surface area (Å²) < 4.78 is 5.37. The summed E-state index contributed by atoms with van der Waals surface area (Å²) >= 11 is 0. The molecule has 0 aliphatic heterocycles. The number of hydrogen-bond acceptors (Lipinski definition) is 3. The summed E-state index contributed by atoms with van der Waals surface area (Å²) in [4.78, 5) is 11.9. The summed E-state index contributed by atoms with van der Waals surface area (Å²) in [5.74, 6) is -0.194. The Morgan fingerprint density at radius 3 is 2.76 bits per heavy atom. The fourth-order valence-corrected chi connectivity index (χ4v) is 2.31. The smallest absolute Gasteiger partial charge is 0.310 e. The maximum atomic E-state index is 11.9. The van der Waals surface area contributed by atoms with Crippen molar-refractivity contribution >= 4 is 16.9 Å². The molecule has 0 saturated carbocycles. The number of unbranched alkanes of at least 4 members (excludes halogenated alkanes) is 1. The molecule has 2 rings (SSSR count). The molecule has 0 saturated heterocycles. The molecule has 0 atom stereocenters. The van der Waals surface area contributed by atoms with Crippen LogP contribution in [0.25, 0.3) is 10.9 Å². The van der Waals surface area contributed by atoms with Crippen LogP contribution >= 0.6 is 0 Å². The minimum absolute atomic E-state index is 0.194. The number of aryl methyl sites for hydroxylation is 1. The summed E-state index contributed by atoms with van der Waals surface area (Å²) in [7, 11) is 0. The summed E-state index contributed by atoms with van der Waals surface area (Å²) in [6.07, 6.45) is 3.57. The molecule has 0 radical (unpaired) electrons. The van der Waals surface area contributed by atoms with Gasteiger partial charge in [0, 0.05) is 11.1 Å². The number of ether oxygens (including phenoxy) is 1. The second-order valence-corrected chi connectivity index (χ2v) is 6.42. The first-order valence-corrected chi connectivity index (χ1v) is 7.57. The van der Waals surface area contributed by atoms with E-state index >= 15 is 0 Å². The Morgan fingerprint density at radius 2 is 2.10 bits per heavy atom. The van der Waals surface area contributed by atoms with Gasteiger partial charge in [0.1, 0.15) is 5.60 Å². The van der Waals surface area contributed by atoms with E-state index in [-0.39, 0.29) is 5.97 Å². The minimum Gasteiger partial charge on any atom is -0.460 e. The number of nitrogens with one attached hydrogen (secondary N) is 1. The first-order chi connectivity index (χ1) is 9.89. The molecule has 0 amide bonds. The average Bonchev–Trinajstić information content (AvgIpc) is 2.76. The molecule has 2 aromatic rings. The van der Waals surface area contributed by atoms with E-state index in [0.29, 0.717) is 6.42 Å². The Kier molecular flexibility index (Phi) is 4.66. The van der Waals surface area contributed by atoms with E-state index in [9.17, 15) is 4.79 Å². The molecule has 0 spiro atoms. The van der Waals surface area contributed by atoms with Crippen molar-refractivity contribution in [3.05, 3.63) is 29.5 Å². The molecule has 4 nitrogen and oxygen atoms in total. The lowest BCUT2D eigenvalue weighted by Gasteiger charge is -2.19. The highest BCUT2D eigenvalue weighted by Crippen LogP contribution is 2.20. The van der Waals surface area contributed by atoms with Crippen LogP contribution in [-0.4, -0.2) is 21.8 Å². The van der Waals surface area contributed by atoms with Gasteiger partial charge in [-0.1, -0.05) is 19.4 Å². The molecular weight excluding hydrogens is 264 g/mol. The van der Waals surface area contributed by atoms with Crippen LogP contribution < -0.4 is 0 Å². The Balaban J connectivity index is 2.15. The molecular formula is C17H24N2O2. The van der Waals surface area contributed by atoms with Crippen molar-refractivity contribution in [1.82, 2.24) is 10.2 Å². The predicted molar refractivity (Wildman–Crippen MR) is 84.3 cm³/mol. The Labute approximate surface area is 125 Å². The van der Waals surface area contributed by atoms with E-state index in [1.165, 1.54) is 0 Å². The topological polar surface area (TPSA) is 55.0 Å². The third-order valence-electron chi connectivity index (χ3n) is 3.25. The van der Waals surface area contributed by atoms with Gasteiger partial charge in [0.2, 0.25) is 0 Å². The summed E-state index contributed by atoms with van der Waals surface area (Å²) in [6, 6.07) is 5.95. The van der Waals surface area contributed by atoms with Gasteiger partial charge in [-0.2, -0.15) is 5.10 Å². The Bertz CT molecular complexity index is 623. The standard InChI is InChI=1S/C17H24N2O2/c1-5-6-7-14-13-10-12(8-9-15(13)19-18-14)11-16(20)21-17(2,3)4/h8-10H,5-7,11H2,1-4H3,(H,18,19). The van der Waals surface area contributed by atoms with E-state index in [0.717, 1.165) is 41.4 Å². The third-order valence-corrected chi connectivity index (χ3v) is 3.25. The number of fused-ring (bicyclic) bond motifs is 1. The van der Waals surface area contributed by atoms with E-state index in [1.807, 2.05) is 39.0 Å². The molecule has 0 unspecified atom stereocenters. The molecule has 1 heterocycles. The monoisotopic (exact) mass is 288 g/mol. The lowest BCUT2D eigenvalue weighted by Crippen LogP contribution is -2.24. The van der Waals surface area contributed by atoms with E-state index in [2.05, 4.69) is 17.1 Å². The van der Waals surface area contributed by atoms with Crippen molar-refractivity contribution in [3.8, 4) is 0 Å². The maximum absolute atomic E-state index is 11.9. The highest BCUT2D eigenvalue weighted by Gasteiger charge is 2.17. The van der Waals surface area contributed by atoms with Crippen LogP contribution in [0, 0.1) is 0 Å². The predicted octanol–water partition coefficient (Wildman–Crippen LogP) is 3.79. The van der Waals surface area contributed by atoms with Crippen molar-refractivity contribution in [2.75, 3.05) is 0 Å². The van der Waals surface area contributed by atoms with Crippen LogP contribution in [0.2, 0.25) is 0 Å². The third kappa shape index (κ3) is 4.31. The number of rotatable bonds is 5. The molecule has 0 aliphatic rings. The minimum atomic E-state index is -0.441.